The molecule has 37 heavy (non-hydrogen) atoms. The second-order valence-electron chi connectivity index (χ2n) is 8.61. The lowest BCUT2D eigenvalue weighted by Gasteiger charge is -2.18. The molecular formula is C30H20ClF4NO. The van der Waals surface area contributed by atoms with Gasteiger partial charge < -0.3 is 4.74 Å². The third-order valence-electron chi connectivity index (χ3n) is 6.16. The van der Waals surface area contributed by atoms with E-state index in [4.69, 9.17) is 16.3 Å². The molecule has 0 saturated heterocycles. The van der Waals surface area contributed by atoms with E-state index in [-0.39, 0.29) is 12.1 Å². The van der Waals surface area contributed by atoms with Gasteiger partial charge in [-0.25, -0.2) is 4.39 Å². The van der Waals surface area contributed by atoms with Crippen molar-refractivity contribution in [1.82, 2.24) is 4.98 Å². The van der Waals surface area contributed by atoms with E-state index in [9.17, 15) is 17.6 Å². The fourth-order valence-electron chi connectivity index (χ4n) is 4.40. The Morgan fingerprint density at radius 2 is 1.65 bits per heavy atom. The van der Waals surface area contributed by atoms with Gasteiger partial charge in [0.2, 0.25) is 0 Å². The highest BCUT2D eigenvalue weighted by Gasteiger charge is 2.33. The largest absolute Gasteiger partial charge is 0.489 e. The van der Waals surface area contributed by atoms with Crippen LogP contribution in [0.4, 0.5) is 17.6 Å². The number of nitrogens with zero attached hydrogens (tertiary/aromatic N) is 1. The molecule has 0 spiro atoms. The minimum Gasteiger partial charge on any atom is -0.489 e. The van der Waals surface area contributed by atoms with Crippen LogP contribution < -0.4 is 4.74 Å². The lowest BCUT2D eigenvalue weighted by molar-refractivity contribution is -0.136. The summed E-state index contributed by atoms with van der Waals surface area (Å²) < 4.78 is 61.1. The zero-order valence-electron chi connectivity index (χ0n) is 19.6. The van der Waals surface area contributed by atoms with Crippen LogP contribution in [0.15, 0.2) is 91.1 Å². The number of para-hydroxylation sites is 1. The van der Waals surface area contributed by atoms with Crippen molar-refractivity contribution in [1.29, 1.82) is 0 Å². The second-order valence-corrected chi connectivity index (χ2v) is 9.02. The van der Waals surface area contributed by atoms with Crippen LogP contribution in [-0.2, 0) is 12.8 Å². The summed E-state index contributed by atoms with van der Waals surface area (Å²) in [5, 5.41) is 0.750. The van der Waals surface area contributed by atoms with Crippen LogP contribution in [0.3, 0.4) is 0 Å². The quantitative estimate of drug-likeness (QED) is 0.215. The molecule has 5 aromatic rings. The van der Waals surface area contributed by atoms with Gasteiger partial charge in [-0.1, -0.05) is 60.1 Å². The highest BCUT2D eigenvalue weighted by Crippen LogP contribution is 2.42. The second kappa shape index (κ2) is 9.87. The van der Waals surface area contributed by atoms with Crippen molar-refractivity contribution >= 4 is 22.5 Å². The molecule has 0 atom stereocenters. The Balaban J connectivity index is 1.67. The fraction of sp³-hybridized carbons (Fsp3) is 0.100. The average Bonchev–Trinajstić information content (AvgIpc) is 2.88. The van der Waals surface area contributed by atoms with E-state index in [1.54, 1.807) is 24.3 Å². The van der Waals surface area contributed by atoms with Gasteiger partial charge in [0.15, 0.2) is 0 Å². The molecule has 5 rings (SSSR count). The molecule has 0 aliphatic carbocycles. The van der Waals surface area contributed by atoms with Crippen LogP contribution in [0.5, 0.6) is 5.75 Å². The summed E-state index contributed by atoms with van der Waals surface area (Å²) in [5.74, 6) is 0.0360. The highest BCUT2D eigenvalue weighted by atomic mass is 35.5. The number of pyridine rings is 1. The Morgan fingerprint density at radius 1 is 0.865 bits per heavy atom. The average molecular weight is 522 g/mol. The maximum absolute atomic E-state index is 13.8. The van der Waals surface area contributed by atoms with Crippen molar-refractivity contribution in [2.24, 2.45) is 0 Å². The molecule has 0 fully saturated rings. The van der Waals surface area contributed by atoms with Gasteiger partial charge in [-0.15, -0.1) is 0 Å². The Kier molecular flexibility index (Phi) is 6.61. The zero-order valence-corrected chi connectivity index (χ0v) is 20.4. The maximum atomic E-state index is 13.8. The third kappa shape index (κ3) is 5.02. The Hall–Kier alpha value is -3.90. The van der Waals surface area contributed by atoms with Gasteiger partial charge in [0.25, 0.3) is 0 Å². The normalized spacial score (nSPS) is 11.6. The monoisotopic (exact) mass is 521 g/mol. The number of hydrogen-bond acceptors (Lipinski definition) is 2. The van der Waals surface area contributed by atoms with Crippen molar-refractivity contribution in [2.45, 2.75) is 19.7 Å². The van der Waals surface area contributed by atoms with Gasteiger partial charge >= 0.3 is 6.18 Å². The molecule has 2 nitrogen and oxygen atoms in total. The predicted molar refractivity (Wildman–Crippen MR) is 138 cm³/mol. The number of fused-ring (bicyclic) bond motifs is 1. The first-order valence-electron chi connectivity index (χ1n) is 11.4. The van der Waals surface area contributed by atoms with Crippen LogP contribution >= 0.6 is 11.6 Å². The van der Waals surface area contributed by atoms with Crippen LogP contribution in [0.1, 0.15) is 16.7 Å². The predicted octanol–water partition coefficient (Wildman–Crippen LogP) is 9.27. The first-order valence-corrected chi connectivity index (χ1v) is 11.8. The summed E-state index contributed by atoms with van der Waals surface area (Å²) in [7, 11) is 0. The van der Waals surface area contributed by atoms with E-state index in [0.717, 1.165) is 17.2 Å². The van der Waals surface area contributed by atoms with E-state index in [1.165, 1.54) is 30.5 Å². The van der Waals surface area contributed by atoms with Crippen molar-refractivity contribution in [3.05, 3.63) is 119 Å². The summed E-state index contributed by atoms with van der Waals surface area (Å²) in [5.41, 5.74) is 3.36. The molecule has 0 bridgehead atoms. The number of aromatic nitrogens is 1. The lowest BCUT2D eigenvalue weighted by Crippen LogP contribution is -2.07. The Bertz CT molecular complexity index is 1610. The Labute approximate surface area is 216 Å². The zero-order chi connectivity index (χ0) is 26.2. The molecule has 1 heterocycles. The minimum atomic E-state index is -4.55. The first kappa shape index (κ1) is 24.8. The number of alkyl halides is 3. The molecule has 186 valence electrons. The van der Waals surface area contributed by atoms with Crippen LogP contribution in [0, 0.1) is 12.7 Å². The van der Waals surface area contributed by atoms with Gasteiger partial charge in [0.1, 0.15) is 18.2 Å². The molecular weight excluding hydrogens is 502 g/mol. The van der Waals surface area contributed by atoms with Gasteiger partial charge in [0.05, 0.1) is 11.1 Å². The molecule has 0 amide bonds. The molecule has 0 radical (unpaired) electrons. The van der Waals surface area contributed by atoms with Crippen molar-refractivity contribution < 1.29 is 22.3 Å². The number of halogens is 5. The van der Waals surface area contributed by atoms with E-state index < -0.39 is 17.6 Å². The maximum Gasteiger partial charge on any atom is 0.418 e. The number of hydrogen-bond donors (Lipinski definition) is 0. The summed E-state index contributed by atoms with van der Waals surface area (Å²) in [6, 6.07) is 22.8. The van der Waals surface area contributed by atoms with Gasteiger partial charge in [-0.3, -0.25) is 4.98 Å². The smallest absolute Gasteiger partial charge is 0.418 e. The summed E-state index contributed by atoms with van der Waals surface area (Å²) in [4.78, 5) is 4.27. The van der Waals surface area contributed by atoms with E-state index >= 15 is 0 Å². The van der Waals surface area contributed by atoms with Gasteiger partial charge in [0, 0.05) is 33.3 Å². The molecule has 0 aliphatic heterocycles. The number of ether oxygens (including phenoxy) is 1. The van der Waals surface area contributed by atoms with E-state index in [2.05, 4.69) is 4.98 Å². The molecule has 0 N–H and O–H groups in total. The van der Waals surface area contributed by atoms with Gasteiger partial charge in [-0.2, -0.15) is 13.2 Å². The number of aryl methyl sites for hydroxylation is 1. The molecule has 0 aliphatic rings. The molecule has 0 saturated carbocycles. The first-order chi connectivity index (χ1) is 17.7. The summed E-state index contributed by atoms with van der Waals surface area (Å²) in [6.45, 7) is 1.97. The van der Waals surface area contributed by atoms with Crippen LogP contribution in [-0.4, -0.2) is 4.98 Å². The third-order valence-corrected chi connectivity index (χ3v) is 6.53. The Morgan fingerprint density at radius 3 is 2.43 bits per heavy atom. The highest BCUT2D eigenvalue weighted by molar-refractivity contribution is 6.31. The summed E-state index contributed by atoms with van der Waals surface area (Å²) in [6.07, 6.45) is -3.06. The molecule has 4 aromatic carbocycles. The van der Waals surface area contributed by atoms with Crippen molar-refractivity contribution in [3.63, 3.8) is 0 Å². The SMILES string of the molecule is Cc1ccccc1-c1cnc2c(C(F)(F)F)cccc2c1-c1cccc(OCc2cc(F)ccc2Cl)c1. The standard InChI is InChI=1S/C30H20ClF4NO/c1-18-6-2-3-9-23(18)25-16-36-29-24(10-5-11-26(29)30(33,34)35)28(25)19-7-4-8-22(15-19)37-17-20-14-21(32)12-13-27(20)31/h2-16H,17H2,1H3. The van der Waals surface area contributed by atoms with Gasteiger partial charge in [-0.05, 0) is 60.0 Å². The van der Waals surface area contributed by atoms with Crippen LogP contribution in [0.25, 0.3) is 33.2 Å². The number of rotatable bonds is 5. The van der Waals surface area contributed by atoms with Crippen molar-refractivity contribution in [2.75, 3.05) is 0 Å². The topological polar surface area (TPSA) is 22.1 Å². The van der Waals surface area contributed by atoms with Crippen LogP contribution in [0.2, 0.25) is 5.02 Å². The molecule has 7 heteroatoms. The minimum absolute atomic E-state index is 0.0278. The van der Waals surface area contributed by atoms with Crippen molar-refractivity contribution in [3.8, 4) is 28.0 Å². The van der Waals surface area contributed by atoms with E-state index in [1.807, 2.05) is 37.3 Å². The fourth-order valence-corrected chi connectivity index (χ4v) is 4.57. The molecule has 0 unspecified atom stereocenters. The molecule has 1 aromatic heterocycles. The van der Waals surface area contributed by atoms with E-state index in [0.29, 0.717) is 38.4 Å². The number of benzene rings is 4. The lowest BCUT2D eigenvalue weighted by atomic mass is 9.90. The summed E-state index contributed by atoms with van der Waals surface area (Å²) >= 11 is 6.16.